The Morgan fingerprint density at radius 2 is 1.76 bits per heavy atom. The Balaban J connectivity index is 1.71. The van der Waals surface area contributed by atoms with Crippen LogP contribution in [-0.4, -0.2) is 67.5 Å². The number of carboxylic acids is 1. The van der Waals surface area contributed by atoms with Gasteiger partial charge >= 0.3 is 5.97 Å². The highest BCUT2D eigenvalue weighted by Crippen LogP contribution is 2.32. The highest BCUT2D eigenvalue weighted by molar-refractivity contribution is 7.86. The first-order valence-corrected chi connectivity index (χ1v) is 9.93. The van der Waals surface area contributed by atoms with Crippen LogP contribution in [-0.2, 0) is 14.9 Å². The van der Waals surface area contributed by atoms with Crippen LogP contribution in [0.2, 0.25) is 0 Å². The lowest BCUT2D eigenvalue weighted by atomic mass is 9.93. The molecule has 0 aliphatic carbocycles. The Morgan fingerprint density at radius 3 is 2.40 bits per heavy atom. The average Bonchev–Trinajstić information content (AvgIpc) is 3.12. The summed E-state index contributed by atoms with van der Waals surface area (Å²) in [7, 11) is -1.85. The minimum Gasteiger partial charge on any atom is -0.478 e. The third-order valence-corrected chi connectivity index (χ3v) is 7.17. The number of aromatic carboxylic acids is 1. The molecule has 0 bridgehead atoms. The summed E-state index contributed by atoms with van der Waals surface area (Å²) in [6.45, 7) is 1.68. The van der Waals surface area contributed by atoms with E-state index in [1.54, 1.807) is 31.4 Å². The number of piperidine rings is 1. The number of carboxylic acid groups (broad SMARTS) is 1. The molecule has 1 N–H and O–H groups in total. The second kappa shape index (κ2) is 7.41. The third-order valence-electron chi connectivity index (χ3n) is 5.17. The van der Waals surface area contributed by atoms with Gasteiger partial charge in [0, 0.05) is 33.3 Å². The van der Waals surface area contributed by atoms with Crippen molar-refractivity contribution in [1.29, 1.82) is 0 Å². The van der Waals surface area contributed by atoms with Gasteiger partial charge in [0.1, 0.15) is 0 Å². The number of rotatable bonds is 5. The van der Waals surface area contributed by atoms with Crippen LogP contribution in [0.1, 0.15) is 41.1 Å². The van der Waals surface area contributed by atoms with E-state index in [0.717, 1.165) is 0 Å². The molecule has 7 nitrogen and oxygen atoms in total. The second-order valence-corrected chi connectivity index (χ2v) is 8.51. The topological polar surface area (TPSA) is 87.2 Å². The van der Waals surface area contributed by atoms with Gasteiger partial charge in [-0.3, -0.25) is 0 Å². The van der Waals surface area contributed by atoms with Gasteiger partial charge < -0.3 is 9.84 Å². The van der Waals surface area contributed by atoms with Gasteiger partial charge in [-0.15, -0.1) is 0 Å². The van der Waals surface area contributed by atoms with Crippen LogP contribution in [0.4, 0.5) is 0 Å². The largest absolute Gasteiger partial charge is 0.478 e. The summed E-state index contributed by atoms with van der Waals surface area (Å²) in [5.74, 6) is -1.06. The zero-order valence-electron chi connectivity index (χ0n) is 14.3. The minimum atomic E-state index is -3.50. The Hall–Kier alpha value is -1.48. The summed E-state index contributed by atoms with van der Waals surface area (Å²) >= 11 is 0. The van der Waals surface area contributed by atoms with Gasteiger partial charge in [-0.05, 0) is 36.8 Å². The zero-order chi connectivity index (χ0) is 18.0. The quantitative estimate of drug-likeness (QED) is 0.852. The maximum Gasteiger partial charge on any atom is 0.335 e. The molecule has 2 aliphatic heterocycles. The summed E-state index contributed by atoms with van der Waals surface area (Å²) in [5.41, 5.74) is 0.971. The molecule has 2 saturated heterocycles. The molecule has 2 aliphatic rings. The van der Waals surface area contributed by atoms with Gasteiger partial charge in [0.05, 0.1) is 11.7 Å². The number of benzene rings is 1. The lowest BCUT2D eigenvalue weighted by molar-refractivity contribution is 0.0593. The maximum atomic E-state index is 12.9. The molecular formula is C17H24N2O5S. The second-order valence-electron chi connectivity index (χ2n) is 6.58. The van der Waals surface area contributed by atoms with E-state index >= 15 is 0 Å². The van der Waals surface area contributed by atoms with E-state index in [0.29, 0.717) is 51.0 Å². The first kappa shape index (κ1) is 18.3. The van der Waals surface area contributed by atoms with E-state index in [4.69, 9.17) is 4.74 Å². The smallest absolute Gasteiger partial charge is 0.335 e. The fourth-order valence-electron chi connectivity index (χ4n) is 3.70. The van der Waals surface area contributed by atoms with Crippen LogP contribution in [0.15, 0.2) is 24.3 Å². The van der Waals surface area contributed by atoms with Crippen LogP contribution in [0, 0.1) is 0 Å². The van der Waals surface area contributed by atoms with E-state index in [1.165, 1.54) is 8.61 Å². The maximum absolute atomic E-state index is 12.9. The molecule has 1 aromatic carbocycles. The molecule has 2 heterocycles. The van der Waals surface area contributed by atoms with Crippen molar-refractivity contribution in [2.24, 2.45) is 0 Å². The molecule has 0 radical (unpaired) electrons. The molecule has 1 unspecified atom stereocenters. The molecule has 0 spiro atoms. The summed E-state index contributed by atoms with van der Waals surface area (Å²) in [4.78, 5) is 11.4. The number of ether oxygens (including phenoxy) is 1. The standard InChI is InChI=1S/C17H24N2O5S/c1-24-14-7-10-18(11-8-14)25(22,23)19-9-6-13(12-19)15-4-2-3-5-16(15)17(20)21/h2-5,13-14H,6-12H2,1H3,(H,20,21). The fraction of sp³-hybridized carbons (Fsp3) is 0.588. The van der Waals surface area contributed by atoms with Crippen molar-refractivity contribution in [3.8, 4) is 0 Å². The Morgan fingerprint density at radius 1 is 1.12 bits per heavy atom. The molecule has 3 rings (SSSR count). The summed E-state index contributed by atoms with van der Waals surface area (Å²) < 4.78 is 34.1. The van der Waals surface area contributed by atoms with E-state index in [9.17, 15) is 18.3 Å². The predicted molar refractivity (Wildman–Crippen MR) is 92.9 cm³/mol. The molecular weight excluding hydrogens is 344 g/mol. The zero-order valence-corrected chi connectivity index (χ0v) is 15.1. The van der Waals surface area contributed by atoms with Crippen molar-refractivity contribution in [2.45, 2.75) is 31.3 Å². The van der Waals surface area contributed by atoms with E-state index in [-0.39, 0.29) is 17.6 Å². The monoisotopic (exact) mass is 368 g/mol. The number of methoxy groups -OCH3 is 1. The predicted octanol–water partition coefficient (Wildman–Crippen LogP) is 1.53. The molecule has 138 valence electrons. The van der Waals surface area contributed by atoms with Gasteiger partial charge in [0.15, 0.2) is 0 Å². The first-order valence-electron chi connectivity index (χ1n) is 8.53. The molecule has 8 heteroatoms. The molecule has 25 heavy (non-hydrogen) atoms. The SMILES string of the molecule is COC1CCN(S(=O)(=O)N2CCC(c3ccccc3C(=O)O)C2)CC1. The number of hydrogen-bond acceptors (Lipinski definition) is 4. The average molecular weight is 368 g/mol. The van der Waals surface area contributed by atoms with Crippen molar-refractivity contribution >= 4 is 16.2 Å². The minimum absolute atomic E-state index is 0.0846. The van der Waals surface area contributed by atoms with Crippen LogP contribution in [0.3, 0.4) is 0 Å². The molecule has 0 saturated carbocycles. The Bertz CT molecular complexity index is 728. The molecule has 1 aromatic rings. The van der Waals surface area contributed by atoms with Crippen molar-refractivity contribution in [3.63, 3.8) is 0 Å². The number of nitrogens with zero attached hydrogens (tertiary/aromatic N) is 2. The van der Waals surface area contributed by atoms with Gasteiger partial charge in [0.2, 0.25) is 0 Å². The van der Waals surface area contributed by atoms with E-state index < -0.39 is 16.2 Å². The van der Waals surface area contributed by atoms with Gasteiger partial charge in [-0.25, -0.2) is 4.79 Å². The van der Waals surface area contributed by atoms with Crippen LogP contribution in [0.25, 0.3) is 0 Å². The summed E-state index contributed by atoms with van der Waals surface area (Å²) in [6.07, 6.45) is 2.17. The molecule has 0 amide bonds. The van der Waals surface area contributed by atoms with Crippen molar-refractivity contribution in [1.82, 2.24) is 8.61 Å². The van der Waals surface area contributed by atoms with Crippen LogP contribution >= 0.6 is 0 Å². The van der Waals surface area contributed by atoms with Crippen LogP contribution in [0.5, 0.6) is 0 Å². The lowest BCUT2D eigenvalue weighted by Crippen LogP contribution is -2.47. The lowest BCUT2D eigenvalue weighted by Gasteiger charge is -2.33. The third kappa shape index (κ3) is 3.72. The molecule has 2 fully saturated rings. The van der Waals surface area contributed by atoms with Crippen molar-refractivity contribution < 1.29 is 23.1 Å². The fourth-order valence-corrected chi connectivity index (χ4v) is 5.40. The van der Waals surface area contributed by atoms with Crippen LogP contribution < -0.4 is 0 Å². The summed E-state index contributed by atoms with van der Waals surface area (Å²) in [6, 6.07) is 6.85. The van der Waals surface area contributed by atoms with E-state index in [1.807, 2.05) is 0 Å². The van der Waals surface area contributed by atoms with Crippen molar-refractivity contribution in [2.75, 3.05) is 33.3 Å². The first-order chi connectivity index (χ1) is 11.9. The van der Waals surface area contributed by atoms with Gasteiger partial charge in [-0.1, -0.05) is 18.2 Å². The molecule has 0 aromatic heterocycles. The Labute approximate surface area is 148 Å². The van der Waals surface area contributed by atoms with E-state index in [2.05, 4.69) is 0 Å². The normalized spacial score (nSPS) is 23.8. The van der Waals surface area contributed by atoms with Gasteiger partial charge in [0.25, 0.3) is 10.2 Å². The highest BCUT2D eigenvalue weighted by atomic mass is 32.2. The Kier molecular flexibility index (Phi) is 5.43. The van der Waals surface area contributed by atoms with Gasteiger partial charge in [-0.2, -0.15) is 17.0 Å². The summed E-state index contributed by atoms with van der Waals surface area (Å²) in [5, 5.41) is 9.35. The number of hydrogen-bond donors (Lipinski definition) is 1. The molecule has 1 atom stereocenters. The number of carbonyl (C=O) groups is 1. The van der Waals surface area contributed by atoms with Crippen molar-refractivity contribution in [3.05, 3.63) is 35.4 Å². The highest BCUT2D eigenvalue weighted by Gasteiger charge is 2.38.